The Kier molecular flexibility index (Phi) is 4.83. The number of fused-ring (bicyclic) bond motifs is 1. The van der Waals surface area contributed by atoms with Crippen LogP contribution >= 0.6 is 0 Å². The Labute approximate surface area is 141 Å². The molecule has 1 aromatic carbocycles. The number of hydrogen-bond donors (Lipinski definition) is 1. The molecular formula is C18H23N3O3. The molecule has 2 saturated heterocycles. The van der Waals surface area contributed by atoms with Crippen LogP contribution in [0, 0.1) is 0 Å². The highest BCUT2D eigenvalue weighted by atomic mass is 16.2. The maximum atomic E-state index is 12.5. The van der Waals surface area contributed by atoms with Gasteiger partial charge in [-0.3, -0.25) is 14.4 Å². The van der Waals surface area contributed by atoms with Gasteiger partial charge in [-0.2, -0.15) is 0 Å². The average Bonchev–Trinajstić information content (AvgIpc) is 3.08. The summed E-state index contributed by atoms with van der Waals surface area (Å²) >= 11 is 0. The van der Waals surface area contributed by atoms with Gasteiger partial charge in [-0.05, 0) is 37.0 Å². The Morgan fingerprint density at radius 2 is 2.00 bits per heavy atom. The van der Waals surface area contributed by atoms with Gasteiger partial charge in [-0.1, -0.05) is 19.1 Å². The second kappa shape index (κ2) is 7.03. The first kappa shape index (κ1) is 16.5. The summed E-state index contributed by atoms with van der Waals surface area (Å²) in [7, 11) is 0. The highest BCUT2D eigenvalue weighted by Crippen LogP contribution is 2.24. The van der Waals surface area contributed by atoms with Gasteiger partial charge in [0.15, 0.2) is 0 Å². The van der Waals surface area contributed by atoms with E-state index in [-0.39, 0.29) is 30.3 Å². The van der Waals surface area contributed by atoms with Crippen LogP contribution in [0.25, 0.3) is 0 Å². The molecule has 2 fully saturated rings. The summed E-state index contributed by atoms with van der Waals surface area (Å²) in [5.41, 5.74) is 1.53. The third-order valence-electron chi connectivity index (χ3n) is 4.62. The van der Waals surface area contributed by atoms with Crippen LogP contribution in [0.5, 0.6) is 0 Å². The molecule has 1 N–H and O–H groups in total. The van der Waals surface area contributed by atoms with Crippen LogP contribution in [0.3, 0.4) is 0 Å². The minimum absolute atomic E-state index is 0.0349. The Balaban J connectivity index is 1.64. The molecule has 6 nitrogen and oxygen atoms in total. The number of benzene rings is 1. The van der Waals surface area contributed by atoms with E-state index in [1.807, 2.05) is 19.1 Å². The fourth-order valence-electron chi connectivity index (χ4n) is 3.32. The van der Waals surface area contributed by atoms with Crippen LogP contribution in [0.2, 0.25) is 0 Å². The Morgan fingerprint density at radius 3 is 2.71 bits per heavy atom. The first-order valence-electron chi connectivity index (χ1n) is 8.55. The van der Waals surface area contributed by atoms with Crippen molar-refractivity contribution in [2.75, 3.05) is 19.6 Å². The van der Waals surface area contributed by atoms with Crippen molar-refractivity contribution < 1.29 is 14.4 Å². The van der Waals surface area contributed by atoms with Gasteiger partial charge in [0.25, 0.3) is 5.91 Å². The van der Waals surface area contributed by atoms with Gasteiger partial charge >= 0.3 is 0 Å². The van der Waals surface area contributed by atoms with Crippen molar-refractivity contribution in [2.45, 2.75) is 38.8 Å². The Bertz CT molecular complexity index is 641. The predicted octanol–water partition coefficient (Wildman–Crippen LogP) is 1.16. The first-order valence-corrected chi connectivity index (χ1v) is 8.55. The summed E-state index contributed by atoms with van der Waals surface area (Å²) in [5, 5.41) is 2.83. The van der Waals surface area contributed by atoms with Crippen molar-refractivity contribution in [2.24, 2.45) is 0 Å². The number of nitrogens with one attached hydrogen (secondary N) is 1. The zero-order valence-corrected chi connectivity index (χ0v) is 14.0. The molecule has 0 spiro atoms. The molecule has 24 heavy (non-hydrogen) atoms. The lowest BCUT2D eigenvalue weighted by atomic mass is 10.1. The van der Waals surface area contributed by atoms with Crippen LogP contribution in [0.15, 0.2) is 24.3 Å². The molecule has 0 saturated carbocycles. The molecular weight excluding hydrogens is 306 g/mol. The number of carbonyl (C=O) groups excluding carboxylic acids is 3. The Hall–Kier alpha value is -2.37. The minimum atomic E-state index is -0.273. The van der Waals surface area contributed by atoms with Crippen LogP contribution in [-0.4, -0.2) is 53.2 Å². The highest BCUT2D eigenvalue weighted by Gasteiger charge is 2.41. The number of amides is 3. The third kappa shape index (κ3) is 3.27. The number of piperazine rings is 1. The molecule has 128 valence electrons. The Morgan fingerprint density at radius 1 is 1.25 bits per heavy atom. The summed E-state index contributed by atoms with van der Waals surface area (Å²) in [5.74, 6) is -0.0150. The van der Waals surface area contributed by atoms with Gasteiger partial charge in [0, 0.05) is 25.2 Å². The standard InChI is InChI=1S/C18H23N3O3/c1-2-9-19-17(23)14-7-5-13(6-8-14)11-20-12-16(22)21-10-3-4-15(21)18(20)24/h5-8,15H,2-4,9-12H2,1H3,(H,19,23)/t15-/m1/s1. The van der Waals surface area contributed by atoms with E-state index in [4.69, 9.17) is 0 Å². The van der Waals surface area contributed by atoms with Crippen LogP contribution in [-0.2, 0) is 16.1 Å². The average molecular weight is 329 g/mol. The lowest BCUT2D eigenvalue weighted by Crippen LogP contribution is -2.56. The molecule has 0 aromatic heterocycles. The maximum Gasteiger partial charge on any atom is 0.251 e. The minimum Gasteiger partial charge on any atom is -0.352 e. The van der Waals surface area contributed by atoms with Gasteiger partial charge in [0.05, 0.1) is 0 Å². The highest BCUT2D eigenvalue weighted by molar-refractivity contribution is 5.95. The molecule has 1 aromatic rings. The SMILES string of the molecule is CCCNC(=O)c1ccc(CN2CC(=O)N3CCC[C@@H]3C2=O)cc1. The molecule has 2 aliphatic rings. The molecule has 1 atom stereocenters. The molecule has 0 aliphatic carbocycles. The van der Waals surface area contributed by atoms with Crippen molar-refractivity contribution >= 4 is 17.7 Å². The van der Waals surface area contributed by atoms with Crippen molar-refractivity contribution in [1.82, 2.24) is 15.1 Å². The fourth-order valence-corrected chi connectivity index (χ4v) is 3.32. The van der Waals surface area contributed by atoms with Gasteiger partial charge < -0.3 is 15.1 Å². The van der Waals surface area contributed by atoms with Crippen LogP contribution in [0.1, 0.15) is 42.1 Å². The fraction of sp³-hybridized carbons (Fsp3) is 0.500. The van der Waals surface area contributed by atoms with E-state index in [2.05, 4.69) is 5.32 Å². The van der Waals surface area contributed by atoms with E-state index < -0.39 is 0 Å². The van der Waals surface area contributed by atoms with Gasteiger partial charge in [-0.25, -0.2) is 0 Å². The van der Waals surface area contributed by atoms with Crippen LogP contribution < -0.4 is 5.32 Å². The second-order valence-corrected chi connectivity index (χ2v) is 6.39. The molecule has 0 unspecified atom stereocenters. The van der Waals surface area contributed by atoms with E-state index in [0.717, 1.165) is 24.8 Å². The number of rotatable bonds is 5. The zero-order chi connectivity index (χ0) is 17.1. The number of hydrogen-bond acceptors (Lipinski definition) is 3. The summed E-state index contributed by atoms with van der Waals surface area (Å²) in [4.78, 5) is 39.9. The molecule has 2 aliphatic heterocycles. The second-order valence-electron chi connectivity index (χ2n) is 6.39. The van der Waals surface area contributed by atoms with E-state index in [1.165, 1.54) is 0 Å². The van der Waals surface area contributed by atoms with Gasteiger partial charge in [-0.15, -0.1) is 0 Å². The molecule has 2 heterocycles. The number of carbonyl (C=O) groups is 3. The quantitative estimate of drug-likeness (QED) is 0.881. The van der Waals surface area contributed by atoms with Gasteiger partial charge in [0.2, 0.25) is 11.8 Å². The van der Waals surface area contributed by atoms with Crippen molar-refractivity contribution in [3.63, 3.8) is 0 Å². The monoisotopic (exact) mass is 329 g/mol. The van der Waals surface area contributed by atoms with Crippen molar-refractivity contribution in [3.05, 3.63) is 35.4 Å². The van der Waals surface area contributed by atoms with E-state index in [9.17, 15) is 14.4 Å². The third-order valence-corrected chi connectivity index (χ3v) is 4.62. The number of nitrogens with zero attached hydrogens (tertiary/aromatic N) is 2. The predicted molar refractivity (Wildman–Crippen MR) is 89.2 cm³/mol. The molecule has 0 bridgehead atoms. The van der Waals surface area contributed by atoms with E-state index in [1.54, 1.807) is 21.9 Å². The zero-order valence-electron chi connectivity index (χ0n) is 14.0. The largest absolute Gasteiger partial charge is 0.352 e. The molecule has 3 rings (SSSR count). The van der Waals surface area contributed by atoms with E-state index in [0.29, 0.717) is 25.2 Å². The summed E-state index contributed by atoms with van der Waals surface area (Å²) < 4.78 is 0. The summed E-state index contributed by atoms with van der Waals surface area (Å²) in [6.45, 7) is 3.92. The maximum absolute atomic E-state index is 12.5. The molecule has 6 heteroatoms. The molecule has 3 amide bonds. The van der Waals surface area contributed by atoms with Crippen LogP contribution in [0.4, 0.5) is 0 Å². The topological polar surface area (TPSA) is 69.7 Å². The summed E-state index contributed by atoms with van der Waals surface area (Å²) in [6.07, 6.45) is 2.56. The first-order chi connectivity index (χ1) is 11.6. The smallest absolute Gasteiger partial charge is 0.251 e. The lowest BCUT2D eigenvalue weighted by Gasteiger charge is -2.36. The van der Waals surface area contributed by atoms with Crippen molar-refractivity contribution in [3.8, 4) is 0 Å². The summed E-state index contributed by atoms with van der Waals surface area (Å²) in [6, 6.07) is 6.95. The lowest BCUT2D eigenvalue weighted by molar-refractivity contribution is -0.154. The van der Waals surface area contributed by atoms with Crippen molar-refractivity contribution in [1.29, 1.82) is 0 Å². The van der Waals surface area contributed by atoms with Gasteiger partial charge in [0.1, 0.15) is 12.6 Å². The molecule has 0 radical (unpaired) electrons. The van der Waals surface area contributed by atoms with E-state index >= 15 is 0 Å². The normalized spacial score (nSPS) is 20.3.